The average Bonchev–Trinajstić information content (AvgIpc) is 2.87. The lowest BCUT2D eigenvalue weighted by molar-refractivity contribution is -0.150. The van der Waals surface area contributed by atoms with Crippen molar-refractivity contribution in [3.05, 3.63) is 105 Å². The topological polar surface area (TPSA) is 64.6 Å². The molecule has 0 saturated heterocycles. The van der Waals surface area contributed by atoms with Crippen LogP contribution >= 0.6 is 23.2 Å². The molecule has 0 aliphatic carbocycles. The second kappa shape index (κ2) is 14.9. The summed E-state index contributed by atoms with van der Waals surface area (Å²) in [6, 6.07) is 21.7. The molecule has 0 heterocycles. The number of hydrogen-bond donors (Lipinski definition) is 1. The van der Waals surface area contributed by atoms with Crippen molar-refractivity contribution in [2.24, 2.45) is 5.92 Å². The highest BCUT2D eigenvalue weighted by atomic mass is 35.5. The van der Waals surface area contributed by atoms with E-state index in [2.05, 4.69) is 5.32 Å². The molecule has 0 aliphatic heterocycles. The number of rotatable bonds is 13. The Labute approximate surface area is 235 Å². The zero-order valence-electron chi connectivity index (χ0n) is 22.1. The van der Waals surface area contributed by atoms with Crippen LogP contribution in [0, 0.1) is 5.92 Å². The summed E-state index contributed by atoms with van der Waals surface area (Å²) in [4.78, 5) is 25.9. The van der Waals surface area contributed by atoms with Gasteiger partial charge in [0.25, 0.3) is 0 Å². The third-order valence-corrected chi connectivity index (χ3v) is 6.42. The first-order valence-corrected chi connectivity index (χ1v) is 13.6. The molecule has 7 heteroatoms. The molecule has 0 saturated carbocycles. The summed E-state index contributed by atoms with van der Waals surface area (Å²) in [5, 5.41) is 4.45. The third kappa shape index (κ3) is 9.79. The van der Waals surface area contributed by atoms with Gasteiger partial charge in [-0.15, -0.1) is 0 Å². The van der Waals surface area contributed by atoms with E-state index >= 15 is 0 Å². The lowest BCUT2D eigenvalue weighted by atomic mass is 9.98. The highest BCUT2D eigenvalue weighted by Crippen LogP contribution is 2.22. The Balaban J connectivity index is 1.70. The molecule has 202 valence electrons. The first kappa shape index (κ1) is 29.7. The van der Waals surface area contributed by atoms with Crippen LogP contribution in [-0.4, -0.2) is 30.6 Å². The van der Waals surface area contributed by atoms with Crippen LogP contribution < -0.4 is 5.32 Å². The second-order valence-electron chi connectivity index (χ2n) is 9.72. The Hall–Kier alpha value is -2.86. The fourth-order valence-corrected chi connectivity index (χ4v) is 4.78. The molecule has 5 nitrogen and oxygen atoms in total. The normalized spacial score (nSPS) is 12.7. The molecule has 2 atom stereocenters. The van der Waals surface area contributed by atoms with Crippen LogP contribution in [0.3, 0.4) is 0 Å². The summed E-state index contributed by atoms with van der Waals surface area (Å²) in [7, 11) is 0. The maximum atomic E-state index is 13.0. The van der Waals surface area contributed by atoms with Crippen molar-refractivity contribution in [3.8, 4) is 0 Å². The molecule has 3 aromatic carbocycles. The van der Waals surface area contributed by atoms with E-state index in [4.69, 9.17) is 32.7 Å². The van der Waals surface area contributed by atoms with Gasteiger partial charge in [0.15, 0.2) is 0 Å². The molecule has 0 radical (unpaired) electrons. The van der Waals surface area contributed by atoms with Crippen molar-refractivity contribution >= 4 is 35.1 Å². The molecule has 0 fully saturated rings. The van der Waals surface area contributed by atoms with Crippen molar-refractivity contribution in [2.75, 3.05) is 6.61 Å². The Kier molecular flexibility index (Phi) is 11.7. The maximum Gasteiger partial charge on any atom is 0.323 e. The van der Waals surface area contributed by atoms with Crippen LogP contribution in [0.4, 0.5) is 0 Å². The Morgan fingerprint density at radius 3 is 1.97 bits per heavy atom. The molecule has 3 rings (SSSR count). The van der Waals surface area contributed by atoms with E-state index in [9.17, 15) is 9.59 Å². The number of carbonyl (C=O) groups excluding carboxylic acids is 2. The maximum absolute atomic E-state index is 13.0. The molecule has 0 aromatic heterocycles. The predicted molar refractivity (Wildman–Crippen MR) is 152 cm³/mol. The van der Waals surface area contributed by atoms with E-state index in [-0.39, 0.29) is 25.1 Å². The van der Waals surface area contributed by atoms with Gasteiger partial charge in [-0.1, -0.05) is 91.6 Å². The number of hydrogen-bond acceptors (Lipinski definition) is 5. The number of esters is 2. The molecule has 3 aromatic rings. The van der Waals surface area contributed by atoms with Crippen LogP contribution in [0.25, 0.3) is 0 Å². The second-order valence-corrected chi connectivity index (χ2v) is 10.6. The van der Waals surface area contributed by atoms with E-state index in [1.807, 2.05) is 80.6 Å². The van der Waals surface area contributed by atoms with Crippen LogP contribution in [0.2, 0.25) is 10.0 Å². The lowest BCUT2D eigenvalue weighted by Gasteiger charge is -2.25. The largest absolute Gasteiger partial charge is 0.465 e. The van der Waals surface area contributed by atoms with Gasteiger partial charge in [-0.3, -0.25) is 14.9 Å². The van der Waals surface area contributed by atoms with Gasteiger partial charge in [0, 0.05) is 10.0 Å². The molecule has 1 N–H and O–H groups in total. The molecular weight excluding hydrogens is 521 g/mol. The van der Waals surface area contributed by atoms with Gasteiger partial charge in [-0.2, -0.15) is 0 Å². The van der Waals surface area contributed by atoms with E-state index in [0.29, 0.717) is 29.3 Å². The first-order chi connectivity index (χ1) is 18.2. The standard InChI is InChI=1S/C31H35Cl2NO4/c1-4-37-30(35)29(34-28(14-21(2)3)31(36)38-20-24-8-6-5-7-9-24)18-23-12-10-22(11-13-23)15-25-16-26(32)19-27(33)17-25/h5-13,16-17,19,21,28-29,34H,4,14-15,18,20H2,1-3H3. The molecule has 0 aliphatic rings. The van der Waals surface area contributed by atoms with Gasteiger partial charge >= 0.3 is 11.9 Å². The molecule has 0 spiro atoms. The number of benzene rings is 3. The number of carbonyl (C=O) groups is 2. The number of ether oxygens (including phenoxy) is 2. The zero-order chi connectivity index (χ0) is 27.5. The Morgan fingerprint density at radius 1 is 0.763 bits per heavy atom. The molecule has 0 amide bonds. The smallest absolute Gasteiger partial charge is 0.323 e. The summed E-state index contributed by atoms with van der Waals surface area (Å²) in [6.45, 7) is 6.27. The summed E-state index contributed by atoms with van der Waals surface area (Å²) in [5.74, 6) is -0.555. The molecule has 38 heavy (non-hydrogen) atoms. The molecule has 2 unspecified atom stereocenters. The monoisotopic (exact) mass is 555 g/mol. The summed E-state index contributed by atoms with van der Waals surface area (Å²) in [6.07, 6.45) is 1.59. The van der Waals surface area contributed by atoms with Crippen LogP contribution in [0.15, 0.2) is 72.8 Å². The van der Waals surface area contributed by atoms with Gasteiger partial charge in [0.1, 0.15) is 18.7 Å². The van der Waals surface area contributed by atoms with E-state index in [0.717, 1.165) is 22.3 Å². The number of nitrogens with one attached hydrogen (secondary N) is 1. The zero-order valence-corrected chi connectivity index (χ0v) is 23.6. The summed E-state index contributed by atoms with van der Waals surface area (Å²) < 4.78 is 10.9. The van der Waals surface area contributed by atoms with Crippen LogP contribution in [0.1, 0.15) is 49.4 Å². The van der Waals surface area contributed by atoms with Crippen LogP contribution in [-0.2, 0) is 38.5 Å². The lowest BCUT2D eigenvalue weighted by Crippen LogP contribution is -2.50. The fourth-order valence-electron chi connectivity index (χ4n) is 4.21. The first-order valence-electron chi connectivity index (χ1n) is 12.9. The summed E-state index contributed by atoms with van der Waals surface area (Å²) >= 11 is 12.3. The van der Waals surface area contributed by atoms with Crippen LogP contribution in [0.5, 0.6) is 0 Å². The Morgan fingerprint density at radius 2 is 1.37 bits per heavy atom. The van der Waals surface area contributed by atoms with Gasteiger partial charge in [-0.05, 0) is 72.6 Å². The fraction of sp³-hybridized carbons (Fsp3) is 0.355. The van der Waals surface area contributed by atoms with Gasteiger partial charge in [-0.25, -0.2) is 0 Å². The van der Waals surface area contributed by atoms with Crippen molar-refractivity contribution in [1.29, 1.82) is 0 Å². The van der Waals surface area contributed by atoms with Crippen molar-refractivity contribution in [1.82, 2.24) is 5.32 Å². The highest BCUT2D eigenvalue weighted by Gasteiger charge is 2.29. The van der Waals surface area contributed by atoms with Gasteiger partial charge in [0.05, 0.1) is 6.61 Å². The van der Waals surface area contributed by atoms with Gasteiger partial charge < -0.3 is 9.47 Å². The van der Waals surface area contributed by atoms with E-state index in [1.54, 1.807) is 13.0 Å². The average molecular weight is 557 g/mol. The SMILES string of the molecule is CCOC(=O)C(Cc1ccc(Cc2cc(Cl)cc(Cl)c2)cc1)NC(CC(C)C)C(=O)OCc1ccccc1. The number of halogens is 2. The predicted octanol–water partition coefficient (Wildman–Crippen LogP) is 6.81. The minimum absolute atomic E-state index is 0.180. The molecular formula is C31H35Cl2NO4. The van der Waals surface area contributed by atoms with Crippen molar-refractivity contribution < 1.29 is 19.1 Å². The quantitative estimate of drug-likeness (QED) is 0.235. The van der Waals surface area contributed by atoms with Gasteiger partial charge in [0.2, 0.25) is 0 Å². The van der Waals surface area contributed by atoms with Crippen molar-refractivity contribution in [2.45, 2.75) is 58.7 Å². The minimum atomic E-state index is -0.694. The third-order valence-electron chi connectivity index (χ3n) is 5.98. The van der Waals surface area contributed by atoms with E-state index < -0.39 is 18.1 Å². The van der Waals surface area contributed by atoms with E-state index in [1.165, 1.54) is 0 Å². The summed E-state index contributed by atoms with van der Waals surface area (Å²) in [5.41, 5.74) is 3.97. The Bertz CT molecular complexity index is 1160. The molecule has 0 bridgehead atoms. The highest BCUT2D eigenvalue weighted by molar-refractivity contribution is 6.34. The minimum Gasteiger partial charge on any atom is -0.465 e. The van der Waals surface area contributed by atoms with Crippen molar-refractivity contribution in [3.63, 3.8) is 0 Å².